The van der Waals surface area contributed by atoms with Gasteiger partial charge in [-0.25, -0.2) is 22.4 Å². The summed E-state index contributed by atoms with van der Waals surface area (Å²) in [5.41, 5.74) is -1.80. The first kappa shape index (κ1) is 21.3. The average Bonchev–Trinajstić information content (AvgIpc) is 2.66. The predicted octanol–water partition coefficient (Wildman–Crippen LogP) is 2.19. The van der Waals surface area contributed by atoms with E-state index in [9.17, 15) is 31.9 Å². The first-order valence-corrected chi connectivity index (χ1v) is 8.43. The number of nitrogens with one attached hydrogen (secondary N) is 1. The minimum atomic E-state index is -1.83. The van der Waals surface area contributed by atoms with Gasteiger partial charge < -0.3 is 10.1 Å². The van der Waals surface area contributed by atoms with E-state index in [1.807, 2.05) is 6.92 Å². The Bertz CT molecular complexity index is 803. The molecular formula is C17H17F4N3O4. The molecule has 0 radical (unpaired) electrons. The molecule has 0 aromatic heterocycles. The molecule has 28 heavy (non-hydrogen) atoms. The van der Waals surface area contributed by atoms with Crippen molar-refractivity contribution in [3.05, 3.63) is 29.3 Å². The van der Waals surface area contributed by atoms with Crippen molar-refractivity contribution >= 4 is 29.2 Å². The lowest BCUT2D eigenvalue weighted by atomic mass is 10.1. The molecule has 152 valence electrons. The summed E-state index contributed by atoms with van der Waals surface area (Å²) >= 11 is 0. The second-order valence-corrected chi connectivity index (χ2v) is 5.85. The van der Waals surface area contributed by atoms with E-state index in [0.29, 0.717) is 6.54 Å². The summed E-state index contributed by atoms with van der Waals surface area (Å²) in [7, 11) is 0. The Morgan fingerprint density at radius 2 is 1.82 bits per heavy atom. The van der Waals surface area contributed by atoms with Gasteiger partial charge in [0.1, 0.15) is 11.4 Å². The molecule has 11 heteroatoms. The van der Waals surface area contributed by atoms with E-state index in [-0.39, 0.29) is 17.5 Å². The largest absolute Gasteiger partial charge is 0.451 e. The fraction of sp³-hybridized carbons (Fsp3) is 0.412. The van der Waals surface area contributed by atoms with Gasteiger partial charge in [-0.3, -0.25) is 9.59 Å². The molecule has 1 aromatic rings. The Hall–Kier alpha value is -2.98. The Morgan fingerprint density at radius 3 is 2.43 bits per heavy atom. The third kappa shape index (κ3) is 4.84. The van der Waals surface area contributed by atoms with Crippen LogP contribution in [0.25, 0.3) is 0 Å². The number of hydrogen-bond donors (Lipinski definition) is 1. The minimum absolute atomic E-state index is 0.0152. The van der Waals surface area contributed by atoms with Crippen LogP contribution in [0.4, 0.5) is 23.2 Å². The van der Waals surface area contributed by atoms with Crippen LogP contribution >= 0.6 is 0 Å². The number of anilines is 1. The quantitative estimate of drug-likeness (QED) is 0.327. The van der Waals surface area contributed by atoms with Gasteiger partial charge in [0, 0.05) is 25.5 Å². The first-order valence-electron chi connectivity index (χ1n) is 8.43. The van der Waals surface area contributed by atoms with Crippen LogP contribution in [0.15, 0.2) is 11.2 Å². The number of carbonyl (C=O) groups excluding carboxylic acids is 3. The third-order valence-corrected chi connectivity index (χ3v) is 3.76. The Balaban J connectivity index is 2.17. The molecule has 7 nitrogen and oxygen atoms in total. The zero-order chi connectivity index (χ0) is 20.8. The van der Waals surface area contributed by atoms with Crippen molar-refractivity contribution in [3.8, 4) is 0 Å². The minimum Gasteiger partial charge on any atom is -0.451 e. The summed E-state index contributed by atoms with van der Waals surface area (Å²) in [5, 5.41) is 6.06. The molecule has 1 aliphatic heterocycles. The van der Waals surface area contributed by atoms with E-state index in [0.717, 1.165) is 12.8 Å². The van der Waals surface area contributed by atoms with Gasteiger partial charge in [-0.1, -0.05) is 13.3 Å². The number of unbranched alkanes of at least 4 members (excludes halogenated alkanes) is 1. The van der Waals surface area contributed by atoms with E-state index in [2.05, 4.69) is 10.4 Å². The molecule has 0 spiro atoms. The Kier molecular flexibility index (Phi) is 7.07. The summed E-state index contributed by atoms with van der Waals surface area (Å²) in [4.78, 5) is 35.5. The molecule has 0 atom stereocenters. The van der Waals surface area contributed by atoms with Gasteiger partial charge >= 0.3 is 5.97 Å². The third-order valence-electron chi connectivity index (χ3n) is 3.76. The number of halogens is 4. The summed E-state index contributed by atoms with van der Waals surface area (Å²) < 4.78 is 59.4. The Morgan fingerprint density at radius 1 is 1.18 bits per heavy atom. The van der Waals surface area contributed by atoms with Gasteiger partial charge in [-0.15, -0.1) is 0 Å². The van der Waals surface area contributed by atoms with Gasteiger partial charge in [-0.2, -0.15) is 10.1 Å². The molecule has 2 rings (SSSR count). The van der Waals surface area contributed by atoms with Crippen LogP contribution < -0.4 is 10.3 Å². The van der Waals surface area contributed by atoms with Gasteiger partial charge in [0.25, 0.3) is 5.91 Å². The van der Waals surface area contributed by atoms with E-state index in [1.54, 1.807) is 0 Å². The molecule has 0 unspecified atom stereocenters. The molecule has 2 amide bonds. The van der Waals surface area contributed by atoms with Crippen LogP contribution in [0.2, 0.25) is 0 Å². The summed E-state index contributed by atoms with van der Waals surface area (Å²) in [6.07, 6.45) is 0.958. The van der Waals surface area contributed by atoms with Crippen molar-refractivity contribution < 1.29 is 36.7 Å². The van der Waals surface area contributed by atoms with Crippen molar-refractivity contribution in [2.24, 2.45) is 5.10 Å². The van der Waals surface area contributed by atoms with Crippen LogP contribution in [0.3, 0.4) is 0 Å². The van der Waals surface area contributed by atoms with Crippen molar-refractivity contribution in [3.63, 3.8) is 0 Å². The number of hydrazone groups is 1. The lowest BCUT2D eigenvalue weighted by Gasteiger charge is -2.23. The summed E-state index contributed by atoms with van der Waals surface area (Å²) in [5.74, 6) is -9.75. The molecule has 1 aliphatic rings. The van der Waals surface area contributed by atoms with Crippen LogP contribution in [0.5, 0.6) is 0 Å². The van der Waals surface area contributed by atoms with Crippen LogP contribution in [-0.2, 0) is 19.1 Å². The highest BCUT2D eigenvalue weighted by molar-refractivity contribution is 6.38. The zero-order valence-electron chi connectivity index (χ0n) is 14.9. The Labute approximate surface area is 157 Å². The molecule has 0 saturated carbocycles. The van der Waals surface area contributed by atoms with Crippen LogP contribution in [0, 0.1) is 23.3 Å². The molecular weight excluding hydrogens is 386 g/mol. The highest BCUT2D eigenvalue weighted by atomic mass is 19.2. The summed E-state index contributed by atoms with van der Waals surface area (Å²) in [6, 6.07) is -0.0152. The maximum Gasteiger partial charge on any atom is 0.355 e. The van der Waals surface area contributed by atoms with Crippen LogP contribution in [-0.4, -0.2) is 36.6 Å². The highest BCUT2D eigenvalue weighted by Crippen LogP contribution is 2.30. The molecule has 0 aliphatic carbocycles. The topological polar surface area (TPSA) is 88.1 Å². The normalized spacial score (nSPS) is 14.0. The second kappa shape index (κ2) is 9.29. The fourth-order valence-electron chi connectivity index (χ4n) is 2.29. The van der Waals surface area contributed by atoms with Gasteiger partial charge in [0.05, 0.1) is 0 Å². The lowest BCUT2D eigenvalue weighted by molar-refractivity contribution is -0.142. The number of nitrogens with zero attached hydrogens (tertiary/aromatic N) is 2. The monoisotopic (exact) mass is 403 g/mol. The standard InChI is InChI=1S/C17H17F4N3O4/c1-2-3-6-22-12(25)8-28-17(27)11-4-5-13(26)24(23-11)16-14(20)9(18)7-10(19)15(16)21/h7H,2-6,8H2,1H3,(H,22,25). The number of amides is 2. The lowest BCUT2D eigenvalue weighted by Crippen LogP contribution is -2.37. The van der Waals surface area contributed by atoms with Crippen molar-refractivity contribution in [1.29, 1.82) is 0 Å². The van der Waals surface area contributed by atoms with Gasteiger partial charge in [-0.05, 0) is 6.42 Å². The number of carbonyl (C=O) groups is 3. The zero-order valence-corrected chi connectivity index (χ0v) is 14.9. The molecule has 1 aromatic carbocycles. The second-order valence-electron chi connectivity index (χ2n) is 5.85. The number of esters is 1. The van der Waals surface area contributed by atoms with Crippen molar-refractivity contribution in [2.75, 3.05) is 18.2 Å². The first-order chi connectivity index (χ1) is 13.3. The van der Waals surface area contributed by atoms with E-state index in [1.165, 1.54) is 0 Å². The molecule has 0 saturated heterocycles. The van der Waals surface area contributed by atoms with E-state index in [4.69, 9.17) is 4.74 Å². The SMILES string of the molecule is CCCCNC(=O)COC(=O)C1=NN(c2c(F)c(F)cc(F)c2F)C(=O)CC1. The smallest absolute Gasteiger partial charge is 0.355 e. The maximum absolute atomic E-state index is 13.9. The van der Waals surface area contributed by atoms with Crippen LogP contribution in [0.1, 0.15) is 32.6 Å². The number of rotatable bonds is 7. The maximum atomic E-state index is 13.9. The molecule has 1 heterocycles. The average molecular weight is 403 g/mol. The number of benzene rings is 1. The van der Waals surface area contributed by atoms with Gasteiger partial charge in [0.2, 0.25) is 5.91 Å². The van der Waals surface area contributed by atoms with Crippen molar-refractivity contribution in [2.45, 2.75) is 32.6 Å². The van der Waals surface area contributed by atoms with Gasteiger partial charge in [0.15, 0.2) is 29.9 Å². The predicted molar refractivity (Wildman–Crippen MR) is 89.3 cm³/mol. The molecule has 0 fully saturated rings. The summed E-state index contributed by atoms with van der Waals surface area (Å²) in [6.45, 7) is 1.71. The number of ether oxygens (including phenoxy) is 1. The van der Waals surface area contributed by atoms with E-state index >= 15 is 0 Å². The number of hydrogen-bond acceptors (Lipinski definition) is 5. The highest BCUT2D eigenvalue weighted by Gasteiger charge is 2.33. The van der Waals surface area contributed by atoms with Crippen molar-refractivity contribution in [1.82, 2.24) is 5.32 Å². The molecule has 1 N–H and O–H groups in total. The fourth-order valence-corrected chi connectivity index (χ4v) is 2.29. The van der Waals surface area contributed by atoms with E-state index < -0.39 is 65.5 Å². The molecule has 0 bridgehead atoms.